The van der Waals surface area contributed by atoms with Crippen LogP contribution >= 0.6 is 0 Å². The normalized spacial score (nSPS) is 46.9. The van der Waals surface area contributed by atoms with E-state index in [1.54, 1.807) is 33.3 Å². The van der Waals surface area contributed by atoms with Gasteiger partial charge >= 0.3 is 11.9 Å². The third kappa shape index (κ3) is 9.41. The van der Waals surface area contributed by atoms with Crippen LogP contribution in [0, 0.1) is 28.6 Å². The summed E-state index contributed by atoms with van der Waals surface area (Å²) < 4.78 is 68.0. The predicted molar refractivity (Wildman–Crippen MR) is 240 cm³/mol. The summed E-state index contributed by atoms with van der Waals surface area (Å²) in [6.07, 6.45) is -2.10. The lowest BCUT2D eigenvalue weighted by Crippen LogP contribution is -2.67. The van der Waals surface area contributed by atoms with Gasteiger partial charge in [-0.2, -0.15) is 0 Å². The summed E-state index contributed by atoms with van der Waals surface area (Å²) in [7, 11) is 4.68. The smallest absolute Gasteiger partial charge is 0.338 e. The number of esters is 2. The van der Waals surface area contributed by atoms with Gasteiger partial charge in [0.25, 0.3) is 0 Å². The first-order valence-electron chi connectivity index (χ1n) is 24.6. The van der Waals surface area contributed by atoms with Gasteiger partial charge < -0.3 is 67.4 Å². The summed E-state index contributed by atoms with van der Waals surface area (Å²) in [6, 6.07) is 9.00. The van der Waals surface area contributed by atoms with Gasteiger partial charge in [0.1, 0.15) is 42.7 Å². The van der Waals surface area contributed by atoms with Crippen LogP contribution in [0.3, 0.4) is 0 Å². The van der Waals surface area contributed by atoms with E-state index in [2.05, 4.69) is 19.9 Å². The minimum Gasteiger partial charge on any atom is -0.463 e. The number of aliphatic hydroxyl groups excluding tert-OH is 2. The number of aliphatic hydroxyl groups is 3. The van der Waals surface area contributed by atoms with Crippen LogP contribution < -0.4 is 0 Å². The molecule has 0 aromatic heterocycles. The quantitative estimate of drug-likeness (QED) is 0.168. The molecule has 3 N–H and O–H groups in total. The zero-order chi connectivity index (χ0) is 48.2. The molecule has 0 bridgehead atoms. The van der Waals surface area contributed by atoms with E-state index in [1.807, 2.05) is 39.0 Å². The van der Waals surface area contributed by atoms with Crippen molar-refractivity contribution >= 4 is 11.9 Å². The highest BCUT2D eigenvalue weighted by atomic mass is 16.8. The number of carbonyl (C=O) groups excluding carboxylic acids is 2. The standard InChI is InChI=1S/C51H76O16/c1-26(60-30(5)52)34-19-21-51(56)35-17-16-32-22-33(18-20-49(32,6)36(35)23-39(50(34,51)7)65-47(55)31-14-12-11-13-15-31)64-40-24-37(57-8)44(28(3)61-40)66-41-25-38(58-9)45(29(4)62-41)67-48-43(54)46(59-10)42(53)27(2)63-48/h11-16,26-29,33-46,48,53-54,56H,17-25H2,1-10H3/t26?,27-,28-,29-,33+,34-,35-,36+,37+,38+,39-,40+,41+,42-,43-,44-,45-,46-,48+,49+,50+,51+/m1/s1. The molecular weight excluding hydrogens is 869 g/mol. The van der Waals surface area contributed by atoms with Crippen molar-refractivity contribution in [1.29, 1.82) is 0 Å². The number of ether oxygens (including phenoxy) is 11. The Hall–Kier alpha value is -2.58. The number of hydrogen-bond donors (Lipinski definition) is 3. The molecule has 3 aliphatic heterocycles. The maximum Gasteiger partial charge on any atom is 0.338 e. The van der Waals surface area contributed by atoms with Gasteiger partial charge in [-0.1, -0.05) is 43.7 Å². The van der Waals surface area contributed by atoms with E-state index in [0.717, 1.165) is 12.8 Å². The highest BCUT2D eigenvalue weighted by Gasteiger charge is 2.72. The lowest BCUT2D eigenvalue weighted by molar-refractivity contribution is -0.352. The van der Waals surface area contributed by atoms with E-state index < -0.39 is 103 Å². The van der Waals surface area contributed by atoms with E-state index >= 15 is 0 Å². The predicted octanol–water partition coefficient (Wildman–Crippen LogP) is 5.40. The molecule has 16 heteroatoms. The van der Waals surface area contributed by atoms with Crippen LogP contribution in [0.4, 0.5) is 0 Å². The van der Waals surface area contributed by atoms with E-state index in [1.165, 1.54) is 19.6 Å². The van der Waals surface area contributed by atoms with Crippen molar-refractivity contribution in [1.82, 2.24) is 0 Å². The Morgan fingerprint density at radius 2 is 1.40 bits per heavy atom. The molecule has 1 aromatic carbocycles. The molecule has 0 amide bonds. The topological polar surface area (TPSA) is 196 Å². The Morgan fingerprint density at radius 1 is 0.761 bits per heavy atom. The largest absolute Gasteiger partial charge is 0.463 e. The number of hydrogen-bond acceptors (Lipinski definition) is 16. The fourth-order valence-electron chi connectivity index (χ4n) is 13.7. The first kappa shape index (κ1) is 50.8. The summed E-state index contributed by atoms with van der Waals surface area (Å²) in [5, 5.41) is 34.5. The van der Waals surface area contributed by atoms with E-state index in [4.69, 9.17) is 52.1 Å². The van der Waals surface area contributed by atoms with Crippen molar-refractivity contribution < 1.29 is 77.0 Å². The summed E-state index contributed by atoms with van der Waals surface area (Å²) in [4.78, 5) is 26.0. The van der Waals surface area contributed by atoms with E-state index in [0.29, 0.717) is 50.5 Å². The van der Waals surface area contributed by atoms with Gasteiger partial charge in [0.05, 0.1) is 47.8 Å². The molecule has 7 aliphatic rings. The molecular formula is C51H76O16. The molecule has 8 rings (SSSR count). The molecule has 3 saturated heterocycles. The fourth-order valence-corrected chi connectivity index (χ4v) is 13.7. The number of fused-ring (bicyclic) bond motifs is 5. The van der Waals surface area contributed by atoms with Crippen molar-refractivity contribution in [2.75, 3.05) is 21.3 Å². The van der Waals surface area contributed by atoms with Crippen LogP contribution in [-0.4, -0.2) is 152 Å². The van der Waals surface area contributed by atoms with Gasteiger partial charge in [-0.15, -0.1) is 0 Å². The second-order valence-corrected chi connectivity index (χ2v) is 20.9. The molecule has 22 atom stereocenters. The highest BCUT2D eigenvalue weighted by Crippen LogP contribution is 2.69. The number of methoxy groups -OCH3 is 3. The first-order valence-corrected chi connectivity index (χ1v) is 24.6. The third-order valence-electron chi connectivity index (χ3n) is 17.4. The summed E-state index contributed by atoms with van der Waals surface area (Å²) in [6.45, 7) is 13.2. The van der Waals surface area contributed by atoms with Gasteiger partial charge in [0.2, 0.25) is 0 Å². The Kier molecular flexibility index (Phi) is 15.4. The van der Waals surface area contributed by atoms with Crippen LogP contribution in [0.25, 0.3) is 0 Å². The number of benzene rings is 1. The number of allylic oxidation sites excluding steroid dienone is 1. The monoisotopic (exact) mass is 945 g/mol. The van der Waals surface area contributed by atoms with Crippen LogP contribution in [0.1, 0.15) is 117 Å². The number of carbonyl (C=O) groups is 2. The van der Waals surface area contributed by atoms with Gasteiger partial charge in [-0.3, -0.25) is 4.79 Å². The van der Waals surface area contributed by atoms with Crippen molar-refractivity contribution in [2.45, 2.75) is 210 Å². The van der Waals surface area contributed by atoms with E-state index in [-0.39, 0.29) is 41.3 Å². The highest BCUT2D eigenvalue weighted by molar-refractivity contribution is 5.89. The minimum absolute atomic E-state index is 0.0433. The summed E-state index contributed by atoms with van der Waals surface area (Å²) >= 11 is 0. The SMILES string of the molecule is CO[C@H]1[C@@H](O)[C@H](O[C@H]2[C@@H](OC)C[C@H](O[C@H]3[C@@H](OC)C[C@H](O[C@H]4CC[C@@]5(C)C(=CC[C@@H]6[C@@H]5C[C@@H](OC(=O)c5ccccc5)[C@]5(C)[C@@H](C(C)OC(C)=O)CC[C@]65O)C4)O[C@@H]3C)O[C@@H]2C)O[C@H](C)[C@H]1O. The van der Waals surface area contributed by atoms with Crippen molar-refractivity contribution in [3.63, 3.8) is 0 Å². The maximum atomic E-state index is 13.8. The Bertz CT molecular complexity index is 1900. The molecule has 67 heavy (non-hydrogen) atoms. The summed E-state index contributed by atoms with van der Waals surface area (Å²) in [5.41, 5.74) is -0.495. The van der Waals surface area contributed by atoms with Crippen LogP contribution in [0.15, 0.2) is 42.0 Å². The lowest BCUT2D eigenvalue weighted by atomic mass is 9.44. The van der Waals surface area contributed by atoms with E-state index in [9.17, 15) is 24.9 Å². The molecule has 0 spiro atoms. The molecule has 376 valence electrons. The van der Waals surface area contributed by atoms with Gasteiger partial charge in [0.15, 0.2) is 18.9 Å². The maximum absolute atomic E-state index is 13.8. The van der Waals surface area contributed by atoms with Crippen LogP contribution in [-0.2, 0) is 56.9 Å². The second-order valence-electron chi connectivity index (χ2n) is 20.9. The Morgan fingerprint density at radius 3 is 2.03 bits per heavy atom. The molecule has 16 nitrogen and oxygen atoms in total. The number of rotatable bonds is 13. The molecule has 3 heterocycles. The van der Waals surface area contributed by atoms with Crippen molar-refractivity contribution in [2.24, 2.45) is 28.6 Å². The molecule has 4 aliphatic carbocycles. The zero-order valence-corrected chi connectivity index (χ0v) is 40.9. The average Bonchev–Trinajstić information content (AvgIpc) is 3.59. The molecule has 1 unspecified atom stereocenters. The molecule has 0 radical (unpaired) electrons. The molecule has 3 saturated carbocycles. The molecule has 6 fully saturated rings. The van der Waals surface area contributed by atoms with Crippen molar-refractivity contribution in [3.05, 3.63) is 47.5 Å². The zero-order valence-electron chi connectivity index (χ0n) is 40.9. The summed E-state index contributed by atoms with van der Waals surface area (Å²) in [5.74, 6) is -1.01. The first-order chi connectivity index (χ1) is 31.9. The average molecular weight is 945 g/mol. The van der Waals surface area contributed by atoms with Crippen molar-refractivity contribution in [3.8, 4) is 0 Å². The Labute approximate surface area is 395 Å². The van der Waals surface area contributed by atoms with Gasteiger partial charge in [0, 0.05) is 52.4 Å². The minimum atomic E-state index is -1.22. The lowest BCUT2D eigenvalue weighted by Gasteiger charge is -2.63. The molecule has 1 aromatic rings. The third-order valence-corrected chi connectivity index (χ3v) is 17.4. The van der Waals surface area contributed by atoms with Crippen LogP contribution in [0.2, 0.25) is 0 Å². The fraction of sp³-hybridized carbons (Fsp3) is 0.804. The second kappa shape index (κ2) is 20.3. The van der Waals surface area contributed by atoms with Gasteiger partial charge in [-0.25, -0.2) is 4.79 Å². The van der Waals surface area contributed by atoms with Crippen LogP contribution in [0.5, 0.6) is 0 Å². The van der Waals surface area contributed by atoms with Gasteiger partial charge in [-0.05, 0) is 102 Å². The Balaban J connectivity index is 0.913.